The smallest absolute Gasteiger partial charge is 0.262 e. The largest absolute Gasteiger partial charge is 0.497 e. The summed E-state index contributed by atoms with van der Waals surface area (Å²) in [5, 5.41) is 4.36. The van der Waals surface area contributed by atoms with Gasteiger partial charge in [0, 0.05) is 34.8 Å². The molecular weight excluding hydrogens is 416 g/mol. The molecule has 1 unspecified atom stereocenters. The number of aromatic nitrogens is 1. The number of hydrogen-bond acceptors (Lipinski definition) is 4. The highest BCUT2D eigenvalue weighted by Gasteiger charge is 2.23. The van der Waals surface area contributed by atoms with E-state index in [1.807, 2.05) is 25.1 Å². The van der Waals surface area contributed by atoms with Crippen molar-refractivity contribution in [1.29, 1.82) is 0 Å². The Morgan fingerprint density at radius 3 is 2.68 bits per heavy atom. The minimum absolute atomic E-state index is 0.0814. The van der Waals surface area contributed by atoms with E-state index in [-0.39, 0.29) is 24.3 Å². The van der Waals surface area contributed by atoms with Crippen LogP contribution in [0.25, 0.3) is 10.9 Å². The van der Waals surface area contributed by atoms with Gasteiger partial charge in [0.05, 0.1) is 25.2 Å². The van der Waals surface area contributed by atoms with Crippen molar-refractivity contribution in [3.05, 3.63) is 64.3 Å². The Kier molecular flexibility index (Phi) is 6.30. The molecule has 1 aliphatic heterocycles. The van der Waals surface area contributed by atoms with E-state index >= 15 is 0 Å². The van der Waals surface area contributed by atoms with E-state index in [9.17, 15) is 9.59 Å². The fraction of sp³-hybridized carbons (Fsp3) is 0.333. The molecule has 1 aliphatic rings. The molecule has 1 aromatic heterocycles. The summed E-state index contributed by atoms with van der Waals surface area (Å²) in [7, 11) is 1.60. The lowest BCUT2D eigenvalue weighted by Crippen LogP contribution is -2.32. The van der Waals surface area contributed by atoms with Crippen LogP contribution in [0.5, 0.6) is 5.75 Å². The monoisotopic (exact) mass is 440 g/mol. The quantitative estimate of drug-likeness (QED) is 0.625. The predicted molar refractivity (Wildman–Crippen MR) is 120 cm³/mol. The topological polar surface area (TPSA) is 69.6 Å². The second kappa shape index (κ2) is 9.12. The van der Waals surface area contributed by atoms with Crippen LogP contribution in [0.4, 0.5) is 0 Å². The van der Waals surface area contributed by atoms with Gasteiger partial charge >= 0.3 is 0 Å². The molecule has 1 amide bonds. The molecule has 0 radical (unpaired) electrons. The molecular formula is C24H25ClN2O4. The lowest BCUT2D eigenvalue weighted by molar-refractivity contribution is -0.120. The van der Waals surface area contributed by atoms with Gasteiger partial charge in [-0.2, -0.15) is 0 Å². The van der Waals surface area contributed by atoms with Crippen molar-refractivity contribution in [2.24, 2.45) is 0 Å². The van der Waals surface area contributed by atoms with Crippen LogP contribution in [-0.2, 0) is 16.0 Å². The van der Waals surface area contributed by atoms with E-state index in [1.165, 1.54) is 0 Å². The summed E-state index contributed by atoms with van der Waals surface area (Å²) in [4.78, 5) is 26.0. The minimum atomic E-state index is -0.171. The molecule has 4 rings (SSSR count). The number of benzene rings is 2. The predicted octanol–water partition coefficient (Wildman–Crippen LogP) is 4.14. The number of amides is 1. The Labute approximate surface area is 186 Å². The van der Waals surface area contributed by atoms with Crippen molar-refractivity contribution in [3.63, 3.8) is 0 Å². The summed E-state index contributed by atoms with van der Waals surface area (Å²) >= 11 is 5.97. The van der Waals surface area contributed by atoms with Gasteiger partial charge in [0.15, 0.2) is 0 Å². The first-order chi connectivity index (χ1) is 15.0. The van der Waals surface area contributed by atoms with Crippen LogP contribution in [0.1, 0.15) is 34.5 Å². The highest BCUT2D eigenvalue weighted by molar-refractivity contribution is 6.30. The van der Waals surface area contributed by atoms with Gasteiger partial charge in [-0.15, -0.1) is 0 Å². The van der Waals surface area contributed by atoms with Crippen LogP contribution in [0.3, 0.4) is 0 Å². The molecule has 1 atom stereocenters. The van der Waals surface area contributed by atoms with Gasteiger partial charge in [-0.1, -0.05) is 11.6 Å². The zero-order valence-electron chi connectivity index (χ0n) is 17.6. The number of fused-ring (bicyclic) bond motifs is 1. The first-order valence-corrected chi connectivity index (χ1v) is 10.7. The molecule has 2 aromatic carbocycles. The summed E-state index contributed by atoms with van der Waals surface area (Å²) in [5.74, 6) is 0.402. The van der Waals surface area contributed by atoms with Crippen molar-refractivity contribution in [2.75, 3.05) is 20.3 Å². The zero-order chi connectivity index (χ0) is 22.0. The average Bonchev–Trinajstić information content (AvgIpc) is 3.39. The van der Waals surface area contributed by atoms with Crippen LogP contribution < -0.4 is 10.1 Å². The number of methoxy groups -OCH3 is 1. The fourth-order valence-electron chi connectivity index (χ4n) is 4.05. The van der Waals surface area contributed by atoms with Gasteiger partial charge in [-0.25, -0.2) is 0 Å². The van der Waals surface area contributed by atoms with Crippen LogP contribution in [-0.4, -0.2) is 42.7 Å². The second-order valence-corrected chi connectivity index (χ2v) is 8.15. The molecule has 3 aromatic rings. The molecule has 0 bridgehead atoms. The third kappa shape index (κ3) is 4.45. The highest BCUT2D eigenvalue weighted by atomic mass is 35.5. The van der Waals surface area contributed by atoms with Gasteiger partial charge in [-0.05, 0) is 67.8 Å². The Morgan fingerprint density at radius 1 is 1.23 bits per heavy atom. The van der Waals surface area contributed by atoms with Crippen LogP contribution in [0, 0.1) is 6.92 Å². The molecule has 1 fully saturated rings. The molecule has 0 spiro atoms. The summed E-state index contributed by atoms with van der Waals surface area (Å²) in [6.45, 7) is 3.12. The Hall–Kier alpha value is -2.83. The van der Waals surface area contributed by atoms with E-state index < -0.39 is 0 Å². The minimum Gasteiger partial charge on any atom is -0.497 e. The van der Waals surface area contributed by atoms with Gasteiger partial charge in [0.25, 0.3) is 5.91 Å². The summed E-state index contributed by atoms with van der Waals surface area (Å²) in [5.41, 5.74) is 2.80. The first kappa shape index (κ1) is 21.4. The van der Waals surface area contributed by atoms with Crippen LogP contribution in [0.2, 0.25) is 5.02 Å². The summed E-state index contributed by atoms with van der Waals surface area (Å²) in [6, 6.07) is 12.3. The van der Waals surface area contributed by atoms with E-state index in [4.69, 9.17) is 21.1 Å². The maximum Gasteiger partial charge on any atom is 0.262 e. The van der Waals surface area contributed by atoms with Crippen molar-refractivity contribution in [3.8, 4) is 5.75 Å². The van der Waals surface area contributed by atoms with Gasteiger partial charge in [-0.3, -0.25) is 14.2 Å². The number of rotatable bonds is 6. The van der Waals surface area contributed by atoms with Gasteiger partial charge in [0.1, 0.15) is 5.75 Å². The van der Waals surface area contributed by atoms with Crippen LogP contribution >= 0.6 is 11.6 Å². The Morgan fingerprint density at radius 2 is 2.00 bits per heavy atom. The number of carbonyl (C=O) groups excluding carboxylic acids is 2. The third-order valence-electron chi connectivity index (χ3n) is 5.72. The first-order valence-electron chi connectivity index (χ1n) is 10.3. The normalized spacial score (nSPS) is 15.9. The van der Waals surface area contributed by atoms with E-state index in [1.54, 1.807) is 35.9 Å². The second-order valence-electron chi connectivity index (χ2n) is 7.71. The lowest BCUT2D eigenvalue weighted by atomic mass is 10.1. The molecule has 6 nitrogen and oxygen atoms in total. The number of hydrogen-bond donors (Lipinski definition) is 1. The van der Waals surface area contributed by atoms with Gasteiger partial charge in [0.2, 0.25) is 5.91 Å². The number of nitrogens with zero attached hydrogens (tertiary/aromatic N) is 1. The highest BCUT2D eigenvalue weighted by Crippen LogP contribution is 2.31. The van der Waals surface area contributed by atoms with Crippen molar-refractivity contribution in [1.82, 2.24) is 9.88 Å². The molecule has 1 N–H and O–H groups in total. The zero-order valence-corrected chi connectivity index (χ0v) is 18.4. The van der Waals surface area contributed by atoms with E-state index in [0.29, 0.717) is 22.9 Å². The van der Waals surface area contributed by atoms with E-state index in [2.05, 4.69) is 5.32 Å². The van der Waals surface area contributed by atoms with Crippen molar-refractivity contribution >= 4 is 34.3 Å². The van der Waals surface area contributed by atoms with Gasteiger partial charge < -0.3 is 14.8 Å². The number of halogens is 1. The maximum absolute atomic E-state index is 13.3. The number of carbonyl (C=O) groups is 2. The fourth-order valence-corrected chi connectivity index (χ4v) is 4.18. The molecule has 2 heterocycles. The molecule has 0 saturated carbocycles. The third-order valence-corrected chi connectivity index (χ3v) is 5.98. The van der Waals surface area contributed by atoms with Crippen molar-refractivity contribution in [2.45, 2.75) is 32.3 Å². The molecule has 7 heteroatoms. The molecule has 1 saturated heterocycles. The number of ether oxygens (including phenoxy) is 2. The van der Waals surface area contributed by atoms with E-state index in [0.717, 1.165) is 41.6 Å². The Balaban J connectivity index is 1.68. The average molecular weight is 441 g/mol. The Bertz CT molecular complexity index is 1110. The number of nitrogens with one attached hydrogen (secondary N) is 1. The SMILES string of the molecule is COc1ccc2c(c1)c(CC(=O)NCC1CCCO1)c(C)n2C(=O)c1ccc(Cl)cc1. The molecule has 0 aliphatic carbocycles. The maximum atomic E-state index is 13.3. The van der Waals surface area contributed by atoms with Crippen molar-refractivity contribution < 1.29 is 19.1 Å². The van der Waals surface area contributed by atoms with Crippen LogP contribution in [0.15, 0.2) is 42.5 Å². The summed E-state index contributed by atoms with van der Waals surface area (Å²) < 4.78 is 12.6. The lowest BCUT2D eigenvalue weighted by Gasteiger charge is -2.11. The summed E-state index contributed by atoms with van der Waals surface area (Å²) in [6.07, 6.45) is 2.24. The molecule has 31 heavy (non-hydrogen) atoms. The molecule has 162 valence electrons. The standard InChI is InChI=1S/C24H25ClN2O4/c1-15-20(13-23(28)26-14-19-4-3-11-31-19)21-12-18(30-2)9-10-22(21)27(15)24(29)16-5-7-17(25)8-6-16/h5-10,12,19H,3-4,11,13-14H2,1-2H3,(H,26,28).